The zero-order valence-corrected chi connectivity index (χ0v) is 17.0. The molecule has 3 nitrogen and oxygen atoms in total. The summed E-state index contributed by atoms with van der Waals surface area (Å²) >= 11 is 30.6. The molecule has 0 aliphatic heterocycles. The van der Waals surface area contributed by atoms with E-state index in [9.17, 15) is 9.18 Å². The van der Waals surface area contributed by atoms with Crippen LogP contribution >= 0.6 is 58.0 Å². The Morgan fingerprint density at radius 3 is 2.35 bits per heavy atom. The number of nitrogens with one attached hydrogen (secondary N) is 1. The standard InChI is InChI=1S/C17H12Cl5FN2O/c1-6-11(3-2-10(23)15(6)24)25-16(26)13-12(17(13,21)22)7-4-8(18)14(20)9(19)5-7/h2-5,12-13H,24H2,1H3,(H,25,26)/t12-,13+/m0/s1. The molecule has 9 heteroatoms. The van der Waals surface area contributed by atoms with Crippen molar-refractivity contribution in [2.75, 3.05) is 11.1 Å². The van der Waals surface area contributed by atoms with Gasteiger partial charge in [-0.2, -0.15) is 0 Å². The second-order valence-corrected chi connectivity index (χ2v) is 8.69. The Kier molecular flexibility index (Phi) is 5.28. The first-order valence-corrected chi connectivity index (χ1v) is 9.32. The highest BCUT2D eigenvalue weighted by Crippen LogP contribution is 2.65. The number of anilines is 2. The van der Waals surface area contributed by atoms with Gasteiger partial charge >= 0.3 is 0 Å². The number of nitrogen functional groups attached to an aromatic ring is 1. The lowest BCUT2D eigenvalue weighted by molar-refractivity contribution is -0.117. The largest absolute Gasteiger partial charge is 0.396 e. The van der Waals surface area contributed by atoms with Crippen LogP contribution in [0.3, 0.4) is 0 Å². The number of carbonyl (C=O) groups excluding carboxylic acids is 1. The Bertz CT molecular complexity index is 895. The summed E-state index contributed by atoms with van der Waals surface area (Å²) in [7, 11) is 0. The summed E-state index contributed by atoms with van der Waals surface area (Å²) in [5.41, 5.74) is 7.02. The van der Waals surface area contributed by atoms with Gasteiger partial charge in [-0.3, -0.25) is 4.79 Å². The van der Waals surface area contributed by atoms with Crippen molar-refractivity contribution in [1.29, 1.82) is 0 Å². The molecule has 0 saturated heterocycles. The fourth-order valence-electron chi connectivity index (χ4n) is 2.86. The Labute approximate surface area is 174 Å². The molecule has 0 heterocycles. The summed E-state index contributed by atoms with van der Waals surface area (Å²) < 4.78 is 12.1. The summed E-state index contributed by atoms with van der Waals surface area (Å²) in [4.78, 5) is 12.7. The Hall–Kier alpha value is -0.910. The van der Waals surface area contributed by atoms with E-state index in [1.165, 1.54) is 12.1 Å². The van der Waals surface area contributed by atoms with E-state index in [-0.39, 0.29) is 20.8 Å². The molecule has 3 N–H and O–H groups in total. The molecule has 1 aliphatic carbocycles. The van der Waals surface area contributed by atoms with Crippen molar-refractivity contribution in [1.82, 2.24) is 0 Å². The molecule has 2 aromatic rings. The van der Waals surface area contributed by atoms with Gasteiger partial charge < -0.3 is 11.1 Å². The minimum atomic E-state index is -1.33. The van der Waals surface area contributed by atoms with E-state index in [0.29, 0.717) is 16.8 Å². The van der Waals surface area contributed by atoms with Crippen LogP contribution in [0.5, 0.6) is 0 Å². The molecule has 2 atom stereocenters. The quantitative estimate of drug-likeness (QED) is 0.328. The van der Waals surface area contributed by atoms with Crippen LogP contribution in [0.2, 0.25) is 15.1 Å². The van der Waals surface area contributed by atoms with Crippen molar-refractivity contribution >= 4 is 75.3 Å². The molecule has 0 aromatic heterocycles. The predicted molar refractivity (Wildman–Crippen MR) is 106 cm³/mol. The van der Waals surface area contributed by atoms with Crippen LogP contribution in [-0.4, -0.2) is 10.2 Å². The van der Waals surface area contributed by atoms with Crippen molar-refractivity contribution in [3.63, 3.8) is 0 Å². The fraction of sp³-hybridized carbons (Fsp3) is 0.235. The first-order chi connectivity index (χ1) is 12.1. The molecule has 0 spiro atoms. The van der Waals surface area contributed by atoms with Gasteiger partial charge in [-0.25, -0.2) is 4.39 Å². The molecule has 3 rings (SSSR count). The maximum absolute atomic E-state index is 13.5. The monoisotopic (exact) mass is 454 g/mol. The van der Waals surface area contributed by atoms with Crippen molar-refractivity contribution in [3.8, 4) is 0 Å². The molecule has 2 aromatic carbocycles. The van der Waals surface area contributed by atoms with Crippen LogP contribution in [-0.2, 0) is 4.79 Å². The SMILES string of the molecule is Cc1c(NC(=O)[C@H]2[C@H](c3cc(Cl)c(Cl)c(Cl)c3)C2(Cl)Cl)ccc(F)c1N. The van der Waals surface area contributed by atoms with Crippen molar-refractivity contribution in [2.45, 2.75) is 17.2 Å². The fourth-order valence-corrected chi connectivity index (χ4v) is 4.30. The summed E-state index contributed by atoms with van der Waals surface area (Å²) in [6.07, 6.45) is 0. The molecule has 1 aliphatic rings. The number of halogens is 6. The number of amides is 1. The second-order valence-electron chi connectivity index (χ2n) is 6.05. The van der Waals surface area contributed by atoms with Crippen LogP contribution in [0.25, 0.3) is 0 Å². The molecule has 138 valence electrons. The summed E-state index contributed by atoms with van der Waals surface area (Å²) in [5, 5.41) is 3.39. The highest BCUT2D eigenvalue weighted by molar-refractivity contribution is 6.54. The van der Waals surface area contributed by atoms with Gasteiger partial charge in [-0.05, 0) is 42.3 Å². The zero-order chi connectivity index (χ0) is 19.4. The molecule has 0 unspecified atom stereocenters. The molecule has 1 saturated carbocycles. The van der Waals surface area contributed by atoms with E-state index in [1.807, 2.05) is 0 Å². The van der Waals surface area contributed by atoms with E-state index < -0.39 is 27.9 Å². The van der Waals surface area contributed by atoms with E-state index >= 15 is 0 Å². The third-order valence-corrected chi connectivity index (χ3v) is 6.56. The van der Waals surface area contributed by atoms with E-state index in [4.69, 9.17) is 63.7 Å². The zero-order valence-electron chi connectivity index (χ0n) is 13.2. The lowest BCUT2D eigenvalue weighted by atomic mass is 10.1. The van der Waals surface area contributed by atoms with Crippen LogP contribution in [0.1, 0.15) is 17.0 Å². The first-order valence-electron chi connectivity index (χ1n) is 7.43. The van der Waals surface area contributed by atoms with E-state index in [0.717, 1.165) is 0 Å². The van der Waals surface area contributed by atoms with Gasteiger partial charge in [0.05, 0.1) is 26.7 Å². The third-order valence-electron chi connectivity index (χ3n) is 4.42. The number of hydrogen-bond donors (Lipinski definition) is 2. The third kappa shape index (κ3) is 3.34. The lowest BCUT2D eigenvalue weighted by Gasteiger charge is -2.11. The van der Waals surface area contributed by atoms with Gasteiger partial charge in [0.2, 0.25) is 5.91 Å². The highest BCUT2D eigenvalue weighted by Gasteiger charge is 2.67. The number of hydrogen-bond acceptors (Lipinski definition) is 2. The number of carbonyl (C=O) groups is 1. The van der Waals surface area contributed by atoms with Gasteiger partial charge in [0.15, 0.2) is 0 Å². The van der Waals surface area contributed by atoms with Crippen molar-refractivity contribution in [3.05, 3.63) is 56.3 Å². The Morgan fingerprint density at radius 1 is 1.19 bits per heavy atom. The van der Waals surface area contributed by atoms with Gasteiger partial charge in [-0.15, -0.1) is 23.2 Å². The average molecular weight is 457 g/mol. The molecular formula is C17H12Cl5FN2O. The second kappa shape index (κ2) is 6.92. The van der Waals surface area contributed by atoms with Gasteiger partial charge in [0.1, 0.15) is 10.2 Å². The van der Waals surface area contributed by atoms with E-state index in [2.05, 4.69) is 5.32 Å². The van der Waals surface area contributed by atoms with Crippen LogP contribution in [0, 0.1) is 18.7 Å². The van der Waals surface area contributed by atoms with Gasteiger partial charge in [-0.1, -0.05) is 34.8 Å². The first kappa shape index (κ1) is 19.8. The minimum absolute atomic E-state index is 0.0329. The maximum Gasteiger partial charge on any atom is 0.231 e. The topological polar surface area (TPSA) is 55.1 Å². The van der Waals surface area contributed by atoms with Crippen LogP contribution in [0.15, 0.2) is 24.3 Å². The smallest absolute Gasteiger partial charge is 0.231 e. The number of benzene rings is 2. The van der Waals surface area contributed by atoms with Crippen LogP contribution in [0.4, 0.5) is 15.8 Å². The average Bonchev–Trinajstić information content (AvgIpc) is 3.15. The van der Waals surface area contributed by atoms with E-state index in [1.54, 1.807) is 19.1 Å². The molecule has 1 amide bonds. The summed E-state index contributed by atoms with van der Waals surface area (Å²) in [5.74, 6) is -2.24. The highest BCUT2D eigenvalue weighted by atomic mass is 35.5. The Morgan fingerprint density at radius 2 is 1.77 bits per heavy atom. The molecule has 1 fully saturated rings. The lowest BCUT2D eigenvalue weighted by Crippen LogP contribution is -2.18. The molecule has 26 heavy (non-hydrogen) atoms. The molecular weight excluding hydrogens is 444 g/mol. The van der Waals surface area contributed by atoms with Crippen molar-refractivity contribution in [2.24, 2.45) is 5.92 Å². The Balaban J connectivity index is 1.86. The summed E-state index contributed by atoms with van der Waals surface area (Å²) in [6.45, 7) is 1.60. The summed E-state index contributed by atoms with van der Waals surface area (Å²) in [6, 6.07) is 5.76. The van der Waals surface area contributed by atoms with Gasteiger partial charge in [0, 0.05) is 11.6 Å². The molecule has 0 radical (unpaired) electrons. The predicted octanol–water partition coefficient (Wildman–Crippen LogP) is 6.20. The van der Waals surface area contributed by atoms with Crippen molar-refractivity contribution < 1.29 is 9.18 Å². The normalized spacial score (nSPS) is 20.7. The number of alkyl halides is 2. The minimum Gasteiger partial charge on any atom is -0.396 e. The van der Waals surface area contributed by atoms with Gasteiger partial charge in [0.25, 0.3) is 0 Å². The molecule has 0 bridgehead atoms. The van der Waals surface area contributed by atoms with Crippen LogP contribution < -0.4 is 11.1 Å². The maximum atomic E-state index is 13.5. The number of rotatable bonds is 3. The number of nitrogens with two attached hydrogens (primary N) is 1.